The Morgan fingerprint density at radius 3 is 2.20 bits per heavy atom. The van der Waals surface area contributed by atoms with Crippen LogP contribution in [-0.4, -0.2) is 8.42 Å². The van der Waals surface area contributed by atoms with Crippen LogP contribution in [-0.2, 0) is 10.0 Å². The second-order valence-corrected chi connectivity index (χ2v) is 6.78. The molecular formula is C16H19NO2S. The van der Waals surface area contributed by atoms with Gasteiger partial charge >= 0.3 is 0 Å². The maximum absolute atomic E-state index is 12.4. The number of hydrogen-bond acceptors (Lipinski definition) is 2. The largest absolute Gasteiger partial charge is 0.279 e. The van der Waals surface area contributed by atoms with Crippen molar-refractivity contribution in [1.29, 1.82) is 0 Å². The smallest absolute Gasteiger partial charge is 0.261 e. The minimum atomic E-state index is -3.54. The molecule has 4 heteroatoms. The second-order valence-electron chi connectivity index (χ2n) is 5.10. The van der Waals surface area contributed by atoms with E-state index in [0.717, 1.165) is 22.3 Å². The molecule has 0 saturated carbocycles. The molecular weight excluding hydrogens is 270 g/mol. The molecule has 1 N–H and O–H groups in total. The summed E-state index contributed by atoms with van der Waals surface area (Å²) in [4.78, 5) is 0.293. The van der Waals surface area contributed by atoms with E-state index in [1.807, 2.05) is 45.9 Å². The van der Waals surface area contributed by atoms with Crippen LogP contribution in [0.25, 0.3) is 0 Å². The summed E-state index contributed by atoms with van der Waals surface area (Å²) >= 11 is 0. The molecule has 0 radical (unpaired) electrons. The fourth-order valence-corrected chi connectivity index (χ4v) is 3.15. The molecule has 0 aromatic heterocycles. The summed E-state index contributed by atoms with van der Waals surface area (Å²) in [7, 11) is -3.54. The first-order valence-electron chi connectivity index (χ1n) is 6.47. The van der Waals surface area contributed by atoms with Crippen LogP contribution in [0.4, 0.5) is 5.69 Å². The molecule has 2 rings (SSSR count). The molecule has 0 fully saturated rings. The van der Waals surface area contributed by atoms with E-state index in [1.54, 1.807) is 18.2 Å². The topological polar surface area (TPSA) is 46.2 Å². The SMILES string of the molecule is Cc1ccc(S(=O)(=O)Nc2cccc(C)c2C)cc1C. The summed E-state index contributed by atoms with van der Waals surface area (Å²) in [5, 5.41) is 0. The summed E-state index contributed by atoms with van der Waals surface area (Å²) in [6, 6.07) is 10.7. The Morgan fingerprint density at radius 1 is 0.850 bits per heavy atom. The molecule has 0 spiro atoms. The van der Waals surface area contributed by atoms with Crippen LogP contribution < -0.4 is 4.72 Å². The van der Waals surface area contributed by atoms with Gasteiger partial charge in [-0.25, -0.2) is 8.42 Å². The lowest BCUT2D eigenvalue weighted by Gasteiger charge is -2.13. The van der Waals surface area contributed by atoms with E-state index < -0.39 is 10.0 Å². The maximum atomic E-state index is 12.4. The van der Waals surface area contributed by atoms with Gasteiger partial charge in [-0.3, -0.25) is 4.72 Å². The van der Waals surface area contributed by atoms with E-state index in [0.29, 0.717) is 10.6 Å². The fraction of sp³-hybridized carbons (Fsp3) is 0.250. The third-order valence-electron chi connectivity index (χ3n) is 3.64. The number of aryl methyl sites for hydroxylation is 3. The van der Waals surface area contributed by atoms with Gasteiger partial charge in [0.1, 0.15) is 0 Å². The van der Waals surface area contributed by atoms with Crippen molar-refractivity contribution in [3.05, 3.63) is 58.7 Å². The van der Waals surface area contributed by atoms with E-state index in [-0.39, 0.29) is 0 Å². The highest BCUT2D eigenvalue weighted by Crippen LogP contribution is 2.23. The average molecular weight is 289 g/mol. The van der Waals surface area contributed by atoms with E-state index in [9.17, 15) is 8.42 Å². The maximum Gasteiger partial charge on any atom is 0.261 e. The van der Waals surface area contributed by atoms with Crippen molar-refractivity contribution < 1.29 is 8.42 Å². The zero-order valence-corrected chi connectivity index (χ0v) is 13.0. The summed E-state index contributed by atoms with van der Waals surface area (Å²) in [5.74, 6) is 0. The molecule has 3 nitrogen and oxygen atoms in total. The number of benzene rings is 2. The zero-order chi connectivity index (χ0) is 14.9. The van der Waals surface area contributed by atoms with E-state index in [1.165, 1.54) is 0 Å². The van der Waals surface area contributed by atoms with Crippen molar-refractivity contribution in [3.8, 4) is 0 Å². The molecule has 0 saturated heterocycles. The zero-order valence-electron chi connectivity index (χ0n) is 12.2. The van der Waals surface area contributed by atoms with E-state index in [2.05, 4.69) is 4.72 Å². The Bertz CT molecular complexity index is 749. The average Bonchev–Trinajstić information content (AvgIpc) is 2.38. The lowest BCUT2D eigenvalue weighted by Crippen LogP contribution is -2.14. The molecule has 106 valence electrons. The highest BCUT2D eigenvalue weighted by atomic mass is 32.2. The molecule has 0 aliphatic carbocycles. The number of sulfonamides is 1. The van der Waals surface area contributed by atoms with E-state index in [4.69, 9.17) is 0 Å². The molecule has 0 aliphatic heterocycles. The van der Waals surface area contributed by atoms with Crippen molar-refractivity contribution in [2.45, 2.75) is 32.6 Å². The van der Waals surface area contributed by atoms with Crippen LogP contribution in [0.3, 0.4) is 0 Å². The van der Waals surface area contributed by atoms with Crippen LogP contribution in [0, 0.1) is 27.7 Å². The van der Waals surface area contributed by atoms with Crippen LogP contribution in [0.15, 0.2) is 41.3 Å². The predicted octanol–water partition coefficient (Wildman–Crippen LogP) is 3.72. The van der Waals surface area contributed by atoms with Crippen molar-refractivity contribution in [2.75, 3.05) is 4.72 Å². The van der Waals surface area contributed by atoms with Gasteiger partial charge in [-0.15, -0.1) is 0 Å². The van der Waals surface area contributed by atoms with Crippen molar-refractivity contribution in [1.82, 2.24) is 0 Å². The molecule has 2 aromatic rings. The molecule has 2 aromatic carbocycles. The van der Waals surface area contributed by atoms with Crippen molar-refractivity contribution in [2.24, 2.45) is 0 Å². The van der Waals surface area contributed by atoms with Gasteiger partial charge in [-0.1, -0.05) is 18.2 Å². The minimum Gasteiger partial charge on any atom is -0.279 e. The second kappa shape index (κ2) is 5.29. The van der Waals surface area contributed by atoms with Gasteiger partial charge in [-0.2, -0.15) is 0 Å². The highest BCUT2D eigenvalue weighted by molar-refractivity contribution is 7.92. The molecule has 0 amide bonds. The van der Waals surface area contributed by atoms with Gasteiger partial charge in [0.05, 0.1) is 10.6 Å². The van der Waals surface area contributed by atoms with Crippen molar-refractivity contribution >= 4 is 15.7 Å². The number of nitrogens with one attached hydrogen (secondary N) is 1. The molecule has 0 atom stereocenters. The predicted molar refractivity (Wildman–Crippen MR) is 82.6 cm³/mol. The van der Waals surface area contributed by atoms with Crippen LogP contribution in [0.2, 0.25) is 0 Å². The first-order chi connectivity index (χ1) is 9.31. The van der Waals surface area contributed by atoms with Gasteiger partial charge in [-0.05, 0) is 68.1 Å². The normalized spacial score (nSPS) is 11.4. The Morgan fingerprint density at radius 2 is 1.55 bits per heavy atom. The molecule has 0 heterocycles. The minimum absolute atomic E-state index is 0.293. The molecule has 0 unspecified atom stereocenters. The van der Waals surface area contributed by atoms with Gasteiger partial charge in [0.2, 0.25) is 0 Å². The Labute approximate surface area is 120 Å². The lowest BCUT2D eigenvalue weighted by molar-refractivity contribution is 0.601. The molecule has 20 heavy (non-hydrogen) atoms. The number of hydrogen-bond donors (Lipinski definition) is 1. The summed E-state index contributed by atoms with van der Waals surface area (Å²) < 4.78 is 27.5. The first-order valence-corrected chi connectivity index (χ1v) is 7.96. The molecule has 0 bridgehead atoms. The fourth-order valence-electron chi connectivity index (χ4n) is 1.95. The first kappa shape index (κ1) is 14.6. The quantitative estimate of drug-likeness (QED) is 0.936. The standard InChI is InChI=1S/C16H19NO2S/c1-11-8-9-15(10-13(11)3)20(18,19)17-16-7-5-6-12(2)14(16)4/h5-10,17H,1-4H3. The Kier molecular flexibility index (Phi) is 3.86. The van der Waals surface area contributed by atoms with Gasteiger partial charge in [0, 0.05) is 0 Å². The highest BCUT2D eigenvalue weighted by Gasteiger charge is 2.16. The lowest BCUT2D eigenvalue weighted by atomic mass is 10.1. The number of rotatable bonds is 3. The summed E-state index contributed by atoms with van der Waals surface area (Å²) in [6.07, 6.45) is 0. The molecule has 0 aliphatic rings. The Balaban J connectivity index is 2.41. The summed E-state index contributed by atoms with van der Waals surface area (Å²) in [5.41, 5.74) is 4.68. The third-order valence-corrected chi connectivity index (χ3v) is 5.00. The van der Waals surface area contributed by atoms with Gasteiger partial charge in [0.15, 0.2) is 0 Å². The third kappa shape index (κ3) is 2.85. The van der Waals surface area contributed by atoms with Crippen molar-refractivity contribution in [3.63, 3.8) is 0 Å². The summed E-state index contributed by atoms with van der Waals surface area (Å²) in [6.45, 7) is 7.74. The van der Waals surface area contributed by atoms with Crippen LogP contribution >= 0.6 is 0 Å². The number of anilines is 1. The Hall–Kier alpha value is -1.81. The van der Waals surface area contributed by atoms with E-state index >= 15 is 0 Å². The van der Waals surface area contributed by atoms with Gasteiger partial charge < -0.3 is 0 Å². The monoisotopic (exact) mass is 289 g/mol. The van der Waals surface area contributed by atoms with Gasteiger partial charge in [0.25, 0.3) is 10.0 Å². The van der Waals surface area contributed by atoms with Crippen LogP contribution in [0.5, 0.6) is 0 Å². The van der Waals surface area contributed by atoms with Crippen LogP contribution in [0.1, 0.15) is 22.3 Å².